The Balaban J connectivity index is 1.67. The first-order valence-electron chi connectivity index (χ1n) is 9.41. The van der Waals surface area contributed by atoms with Crippen molar-refractivity contribution in [3.8, 4) is 23.1 Å². The molecule has 1 aliphatic rings. The van der Waals surface area contributed by atoms with Crippen LogP contribution in [0.2, 0.25) is 0 Å². The molecule has 3 N–H and O–H groups in total. The van der Waals surface area contributed by atoms with Crippen LogP contribution in [0.15, 0.2) is 30.7 Å². The Labute approximate surface area is 168 Å². The minimum Gasteiger partial charge on any atom is -0.504 e. The highest BCUT2D eigenvalue weighted by molar-refractivity contribution is 5.65. The van der Waals surface area contributed by atoms with E-state index in [-0.39, 0.29) is 18.1 Å². The summed E-state index contributed by atoms with van der Waals surface area (Å²) in [6.45, 7) is 1.95. The number of nitrogens with zero attached hydrogens (tertiary/aromatic N) is 3. The summed E-state index contributed by atoms with van der Waals surface area (Å²) >= 11 is 0. The van der Waals surface area contributed by atoms with Crippen LogP contribution in [-0.4, -0.2) is 39.0 Å². The first kappa shape index (κ1) is 19.1. The number of benzene rings is 1. The van der Waals surface area contributed by atoms with Crippen LogP contribution in [0, 0.1) is 6.92 Å². The molecule has 0 amide bonds. The van der Waals surface area contributed by atoms with Gasteiger partial charge in [-0.25, -0.2) is 4.98 Å². The minimum absolute atomic E-state index is 0.0129. The number of nitrogens with one attached hydrogen (secondary N) is 1. The van der Waals surface area contributed by atoms with E-state index in [1.54, 1.807) is 12.3 Å². The van der Waals surface area contributed by atoms with Gasteiger partial charge in [-0.1, -0.05) is 0 Å². The molecule has 8 heteroatoms. The molecule has 152 valence electrons. The number of phenols is 1. The summed E-state index contributed by atoms with van der Waals surface area (Å²) in [5.41, 5.74) is 3.60. The molecule has 2 heterocycles. The number of aromatic nitrogens is 3. The molecule has 1 saturated carbocycles. The zero-order valence-electron chi connectivity index (χ0n) is 16.6. The monoisotopic (exact) mass is 396 g/mol. The second kappa shape index (κ2) is 7.63. The highest BCUT2D eigenvalue weighted by atomic mass is 16.5. The molecule has 0 bridgehead atoms. The standard InChI is InChI=1S/C21H24N4O4/c1-12-8-22-21(23-15-6-17(27)19(29-3)18(7-15)28-2)24-20(12)25-9-14(11-26)16(10-25)13-4-5-13/h6-10,13,26-27H,4-5,11H2,1-3H3,(H,22,23,24). The number of aromatic hydroxyl groups is 1. The number of rotatable bonds is 7. The van der Waals surface area contributed by atoms with Gasteiger partial charge in [-0.15, -0.1) is 0 Å². The predicted molar refractivity (Wildman–Crippen MR) is 108 cm³/mol. The summed E-state index contributed by atoms with van der Waals surface area (Å²) in [7, 11) is 2.97. The van der Waals surface area contributed by atoms with Crippen LogP contribution in [0.25, 0.3) is 5.82 Å². The van der Waals surface area contributed by atoms with Crippen molar-refractivity contribution in [3.05, 3.63) is 47.4 Å². The molecule has 0 aliphatic heterocycles. The maximum atomic E-state index is 10.2. The van der Waals surface area contributed by atoms with Crippen molar-refractivity contribution in [3.63, 3.8) is 0 Å². The number of methoxy groups -OCH3 is 2. The molecule has 2 aromatic heterocycles. The van der Waals surface area contributed by atoms with Crippen LogP contribution in [0.1, 0.15) is 35.4 Å². The number of ether oxygens (including phenoxy) is 2. The SMILES string of the molecule is COc1cc(Nc2ncc(C)c(-n3cc(CO)c(C4CC4)c3)n2)cc(O)c1OC. The van der Waals surface area contributed by atoms with Crippen molar-refractivity contribution in [2.24, 2.45) is 0 Å². The van der Waals surface area contributed by atoms with Gasteiger partial charge in [-0.3, -0.25) is 0 Å². The first-order valence-corrected chi connectivity index (χ1v) is 9.41. The average Bonchev–Trinajstić information content (AvgIpc) is 3.47. The number of anilines is 2. The fourth-order valence-electron chi connectivity index (χ4n) is 3.43. The third kappa shape index (κ3) is 3.71. The molecule has 0 radical (unpaired) electrons. The number of hydrogen-bond acceptors (Lipinski definition) is 7. The van der Waals surface area contributed by atoms with E-state index < -0.39 is 0 Å². The molecule has 0 saturated heterocycles. The first-order chi connectivity index (χ1) is 14.0. The molecule has 1 aromatic carbocycles. The lowest BCUT2D eigenvalue weighted by molar-refractivity contribution is 0.281. The van der Waals surface area contributed by atoms with Gasteiger partial charge < -0.3 is 29.6 Å². The Hall–Kier alpha value is -3.26. The molecule has 3 aromatic rings. The fourth-order valence-corrected chi connectivity index (χ4v) is 3.43. The quantitative estimate of drug-likeness (QED) is 0.562. The van der Waals surface area contributed by atoms with Gasteiger partial charge >= 0.3 is 0 Å². The van der Waals surface area contributed by atoms with Gasteiger partial charge in [-0.05, 0) is 36.8 Å². The maximum Gasteiger partial charge on any atom is 0.229 e. The van der Waals surface area contributed by atoms with Crippen LogP contribution in [0.3, 0.4) is 0 Å². The summed E-state index contributed by atoms with van der Waals surface area (Å²) in [6.07, 6.45) is 8.03. The maximum absolute atomic E-state index is 10.2. The van der Waals surface area contributed by atoms with Gasteiger partial charge in [0.1, 0.15) is 5.82 Å². The molecule has 0 atom stereocenters. The summed E-state index contributed by atoms with van der Waals surface area (Å²) < 4.78 is 12.4. The van der Waals surface area contributed by atoms with Crippen molar-refractivity contribution in [2.75, 3.05) is 19.5 Å². The molecule has 0 spiro atoms. The number of aliphatic hydroxyl groups is 1. The van der Waals surface area contributed by atoms with E-state index in [4.69, 9.17) is 9.47 Å². The Bertz CT molecular complexity index is 1040. The Kier molecular flexibility index (Phi) is 5.02. The van der Waals surface area contributed by atoms with Crippen molar-refractivity contribution >= 4 is 11.6 Å². The normalized spacial score (nSPS) is 13.4. The third-order valence-electron chi connectivity index (χ3n) is 5.04. The van der Waals surface area contributed by atoms with E-state index in [2.05, 4.69) is 15.3 Å². The molecular formula is C21H24N4O4. The van der Waals surface area contributed by atoms with E-state index >= 15 is 0 Å². The van der Waals surface area contributed by atoms with Crippen LogP contribution < -0.4 is 14.8 Å². The van der Waals surface area contributed by atoms with Crippen LogP contribution in [-0.2, 0) is 6.61 Å². The van der Waals surface area contributed by atoms with Gasteiger partial charge in [0.15, 0.2) is 11.5 Å². The lowest BCUT2D eigenvalue weighted by atomic mass is 10.1. The molecule has 1 aliphatic carbocycles. The zero-order valence-corrected chi connectivity index (χ0v) is 16.6. The van der Waals surface area contributed by atoms with Crippen molar-refractivity contribution in [1.82, 2.24) is 14.5 Å². The average molecular weight is 396 g/mol. The smallest absolute Gasteiger partial charge is 0.229 e. The molecule has 29 heavy (non-hydrogen) atoms. The zero-order chi connectivity index (χ0) is 20.5. The van der Waals surface area contributed by atoms with E-state index in [9.17, 15) is 10.2 Å². The van der Waals surface area contributed by atoms with Crippen LogP contribution in [0.4, 0.5) is 11.6 Å². The summed E-state index contributed by atoms with van der Waals surface area (Å²) in [4.78, 5) is 8.99. The Morgan fingerprint density at radius 2 is 2.00 bits per heavy atom. The topological polar surface area (TPSA) is 102 Å². The predicted octanol–water partition coefficient (Wildman–Crippen LogP) is 3.41. The second-order valence-electron chi connectivity index (χ2n) is 7.13. The lowest BCUT2D eigenvalue weighted by Crippen LogP contribution is -2.04. The number of phenolic OH excluding ortho intramolecular Hbond substituents is 1. The van der Waals surface area contributed by atoms with E-state index in [0.29, 0.717) is 23.3 Å². The molecule has 4 rings (SSSR count). The van der Waals surface area contributed by atoms with Crippen molar-refractivity contribution in [1.29, 1.82) is 0 Å². The molecule has 0 unspecified atom stereocenters. The Morgan fingerprint density at radius 1 is 1.21 bits per heavy atom. The van der Waals surface area contributed by atoms with E-state index in [1.807, 2.05) is 23.9 Å². The van der Waals surface area contributed by atoms with Gasteiger partial charge in [-0.2, -0.15) is 4.98 Å². The number of aryl methyl sites for hydroxylation is 1. The van der Waals surface area contributed by atoms with Crippen molar-refractivity contribution in [2.45, 2.75) is 32.3 Å². The van der Waals surface area contributed by atoms with Crippen molar-refractivity contribution < 1.29 is 19.7 Å². The third-order valence-corrected chi connectivity index (χ3v) is 5.04. The van der Waals surface area contributed by atoms with Gasteiger partial charge in [0.05, 0.1) is 20.8 Å². The summed E-state index contributed by atoms with van der Waals surface area (Å²) in [5.74, 6) is 2.26. The van der Waals surface area contributed by atoms with Gasteiger partial charge in [0.2, 0.25) is 11.7 Å². The number of hydrogen-bond donors (Lipinski definition) is 3. The van der Waals surface area contributed by atoms with E-state index in [0.717, 1.165) is 29.8 Å². The van der Waals surface area contributed by atoms with Gasteiger partial charge in [0, 0.05) is 42.0 Å². The lowest BCUT2D eigenvalue weighted by Gasteiger charge is -2.13. The molecule has 8 nitrogen and oxygen atoms in total. The summed E-state index contributed by atoms with van der Waals surface area (Å²) in [6, 6.07) is 3.22. The summed E-state index contributed by atoms with van der Waals surface area (Å²) in [5, 5.41) is 22.9. The largest absolute Gasteiger partial charge is 0.504 e. The van der Waals surface area contributed by atoms with Gasteiger partial charge in [0.25, 0.3) is 0 Å². The highest BCUT2D eigenvalue weighted by Gasteiger charge is 2.27. The number of aliphatic hydroxyl groups excluding tert-OH is 1. The Morgan fingerprint density at radius 3 is 2.66 bits per heavy atom. The molecular weight excluding hydrogens is 372 g/mol. The minimum atomic E-state index is -0.0474. The molecule has 1 fully saturated rings. The fraction of sp³-hybridized carbons (Fsp3) is 0.333. The van der Waals surface area contributed by atoms with Crippen LogP contribution in [0.5, 0.6) is 17.2 Å². The highest BCUT2D eigenvalue weighted by Crippen LogP contribution is 2.42. The van der Waals surface area contributed by atoms with Crippen LogP contribution >= 0.6 is 0 Å². The van der Waals surface area contributed by atoms with E-state index in [1.165, 1.54) is 25.8 Å². The second-order valence-corrected chi connectivity index (χ2v) is 7.13.